The summed E-state index contributed by atoms with van der Waals surface area (Å²) >= 11 is 0. The number of hydrogen-bond donors (Lipinski definition) is 3. The number of aryl methyl sites for hydroxylation is 1. The molecule has 0 saturated heterocycles. The molecule has 0 spiro atoms. The number of anilines is 1. The first-order chi connectivity index (χ1) is 6.61. The normalized spacial score (nSPS) is 12.4. The van der Waals surface area contributed by atoms with Gasteiger partial charge in [-0.2, -0.15) is 0 Å². The summed E-state index contributed by atoms with van der Waals surface area (Å²) in [6, 6.07) is 2.74. The number of aromatic nitrogens is 1. The van der Waals surface area contributed by atoms with Gasteiger partial charge in [-0.15, -0.1) is 0 Å². The number of hydrogen-bond acceptors (Lipinski definition) is 4. The molecule has 1 unspecified atom stereocenters. The first kappa shape index (κ1) is 10.5. The summed E-state index contributed by atoms with van der Waals surface area (Å²) in [6.45, 7) is 0. The van der Waals surface area contributed by atoms with Crippen LogP contribution >= 0.6 is 0 Å². The zero-order valence-corrected chi connectivity index (χ0v) is 7.68. The van der Waals surface area contributed by atoms with Gasteiger partial charge in [-0.3, -0.25) is 4.79 Å². The van der Waals surface area contributed by atoms with Crippen LogP contribution in [0.1, 0.15) is 12.0 Å². The van der Waals surface area contributed by atoms with Gasteiger partial charge < -0.3 is 16.6 Å². The number of pyridine rings is 1. The van der Waals surface area contributed by atoms with E-state index in [0.29, 0.717) is 18.7 Å². The molecule has 0 bridgehead atoms. The molecule has 0 aliphatic heterocycles. The van der Waals surface area contributed by atoms with Crippen molar-refractivity contribution < 1.29 is 9.90 Å². The van der Waals surface area contributed by atoms with Crippen LogP contribution in [0.3, 0.4) is 0 Å². The largest absolute Gasteiger partial charge is 0.480 e. The highest BCUT2D eigenvalue weighted by molar-refractivity contribution is 5.73. The molecule has 0 amide bonds. The molecule has 0 aliphatic rings. The molecule has 14 heavy (non-hydrogen) atoms. The Balaban J connectivity index is 2.54. The molecule has 1 atom stereocenters. The smallest absolute Gasteiger partial charge is 0.320 e. The molecule has 1 aromatic heterocycles. The molecule has 0 saturated carbocycles. The van der Waals surface area contributed by atoms with Gasteiger partial charge in [-0.1, -0.05) is 6.07 Å². The maximum Gasteiger partial charge on any atom is 0.320 e. The van der Waals surface area contributed by atoms with Gasteiger partial charge in [0.2, 0.25) is 0 Å². The van der Waals surface area contributed by atoms with Crippen molar-refractivity contribution in [3.63, 3.8) is 0 Å². The predicted octanol–water partition coefficient (Wildman–Crippen LogP) is 0.00830. The maximum atomic E-state index is 10.4. The van der Waals surface area contributed by atoms with E-state index >= 15 is 0 Å². The Labute approximate surface area is 81.7 Å². The minimum atomic E-state index is -0.993. The second-order valence-corrected chi connectivity index (χ2v) is 3.03. The molecule has 1 heterocycles. The number of nitrogen functional groups attached to an aromatic ring is 1. The van der Waals surface area contributed by atoms with E-state index in [2.05, 4.69) is 4.98 Å². The fraction of sp³-hybridized carbons (Fsp3) is 0.333. The average molecular weight is 195 g/mol. The summed E-state index contributed by atoms with van der Waals surface area (Å²) in [6.07, 6.45) is 2.49. The van der Waals surface area contributed by atoms with E-state index in [1.54, 1.807) is 12.3 Å². The van der Waals surface area contributed by atoms with Crippen LogP contribution in [0.25, 0.3) is 0 Å². The van der Waals surface area contributed by atoms with Crippen LogP contribution in [0, 0.1) is 0 Å². The highest BCUT2D eigenvalue weighted by atomic mass is 16.4. The summed E-state index contributed by atoms with van der Waals surface area (Å²) in [5, 5.41) is 8.56. The second-order valence-electron chi connectivity index (χ2n) is 3.03. The van der Waals surface area contributed by atoms with Crippen LogP contribution in [0.4, 0.5) is 5.82 Å². The first-order valence-electron chi connectivity index (χ1n) is 4.29. The SMILES string of the molecule is Nc1ncccc1CCC(N)C(=O)O. The van der Waals surface area contributed by atoms with E-state index in [1.807, 2.05) is 6.07 Å². The minimum Gasteiger partial charge on any atom is -0.480 e. The Hall–Kier alpha value is -1.62. The van der Waals surface area contributed by atoms with E-state index in [-0.39, 0.29) is 0 Å². The van der Waals surface area contributed by atoms with E-state index in [9.17, 15) is 4.79 Å². The fourth-order valence-corrected chi connectivity index (χ4v) is 1.10. The van der Waals surface area contributed by atoms with Gasteiger partial charge in [0.1, 0.15) is 11.9 Å². The molecule has 1 aromatic rings. The van der Waals surface area contributed by atoms with Crippen molar-refractivity contribution in [2.45, 2.75) is 18.9 Å². The third kappa shape index (κ3) is 2.70. The average Bonchev–Trinajstić information content (AvgIpc) is 2.16. The van der Waals surface area contributed by atoms with E-state index in [4.69, 9.17) is 16.6 Å². The highest BCUT2D eigenvalue weighted by Gasteiger charge is 2.11. The van der Waals surface area contributed by atoms with Crippen LogP contribution in [0.5, 0.6) is 0 Å². The van der Waals surface area contributed by atoms with Crippen molar-refractivity contribution in [3.05, 3.63) is 23.9 Å². The van der Waals surface area contributed by atoms with Crippen LogP contribution in [-0.2, 0) is 11.2 Å². The van der Waals surface area contributed by atoms with Crippen molar-refractivity contribution in [1.29, 1.82) is 0 Å². The van der Waals surface area contributed by atoms with Crippen LogP contribution in [-0.4, -0.2) is 22.1 Å². The zero-order valence-electron chi connectivity index (χ0n) is 7.68. The van der Waals surface area contributed by atoms with E-state index in [0.717, 1.165) is 5.56 Å². The van der Waals surface area contributed by atoms with Crippen molar-refractivity contribution in [3.8, 4) is 0 Å². The lowest BCUT2D eigenvalue weighted by Gasteiger charge is -2.07. The van der Waals surface area contributed by atoms with Crippen molar-refractivity contribution >= 4 is 11.8 Å². The van der Waals surface area contributed by atoms with Gasteiger partial charge >= 0.3 is 5.97 Å². The first-order valence-corrected chi connectivity index (χ1v) is 4.29. The van der Waals surface area contributed by atoms with Crippen LogP contribution in [0.15, 0.2) is 18.3 Å². The number of nitrogens with zero attached hydrogens (tertiary/aromatic N) is 1. The Kier molecular flexibility index (Phi) is 3.41. The molecule has 0 radical (unpaired) electrons. The van der Waals surface area contributed by atoms with Gasteiger partial charge in [-0.25, -0.2) is 4.98 Å². The Morgan fingerprint density at radius 2 is 2.36 bits per heavy atom. The van der Waals surface area contributed by atoms with Gasteiger partial charge in [-0.05, 0) is 24.5 Å². The molecule has 76 valence electrons. The Morgan fingerprint density at radius 3 is 2.93 bits per heavy atom. The minimum absolute atomic E-state index is 0.366. The topological polar surface area (TPSA) is 102 Å². The maximum absolute atomic E-state index is 10.4. The lowest BCUT2D eigenvalue weighted by atomic mass is 10.1. The lowest BCUT2D eigenvalue weighted by Crippen LogP contribution is -2.30. The zero-order chi connectivity index (χ0) is 10.6. The third-order valence-electron chi connectivity index (χ3n) is 1.97. The van der Waals surface area contributed by atoms with E-state index in [1.165, 1.54) is 0 Å². The molecule has 5 heteroatoms. The van der Waals surface area contributed by atoms with Crippen molar-refractivity contribution in [2.24, 2.45) is 5.73 Å². The number of carboxylic acid groups (broad SMARTS) is 1. The molecule has 5 N–H and O–H groups in total. The predicted molar refractivity (Wildman–Crippen MR) is 52.6 cm³/mol. The Morgan fingerprint density at radius 1 is 1.64 bits per heavy atom. The second kappa shape index (κ2) is 4.57. The summed E-state index contributed by atoms with van der Waals surface area (Å²) in [7, 11) is 0. The van der Waals surface area contributed by atoms with Gasteiger partial charge in [0.05, 0.1) is 0 Å². The van der Waals surface area contributed by atoms with Crippen LogP contribution in [0.2, 0.25) is 0 Å². The van der Waals surface area contributed by atoms with Gasteiger partial charge in [0.25, 0.3) is 0 Å². The lowest BCUT2D eigenvalue weighted by molar-refractivity contribution is -0.138. The quantitative estimate of drug-likeness (QED) is 0.628. The standard InChI is InChI=1S/C9H13N3O2/c10-7(9(13)14)4-3-6-2-1-5-12-8(6)11/h1-2,5,7H,3-4,10H2,(H2,11,12)(H,13,14). The third-order valence-corrected chi connectivity index (χ3v) is 1.97. The van der Waals surface area contributed by atoms with E-state index < -0.39 is 12.0 Å². The van der Waals surface area contributed by atoms with Gasteiger partial charge in [0.15, 0.2) is 0 Å². The molecule has 5 nitrogen and oxygen atoms in total. The monoisotopic (exact) mass is 195 g/mol. The molecular weight excluding hydrogens is 182 g/mol. The number of rotatable bonds is 4. The molecule has 0 aliphatic carbocycles. The molecule has 0 aromatic carbocycles. The molecule has 1 rings (SSSR count). The fourth-order valence-electron chi connectivity index (χ4n) is 1.10. The highest BCUT2D eigenvalue weighted by Crippen LogP contribution is 2.10. The summed E-state index contributed by atoms with van der Waals surface area (Å²) in [5.74, 6) is -0.558. The number of carbonyl (C=O) groups is 1. The summed E-state index contributed by atoms with van der Waals surface area (Å²) in [5.41, 5.74) is 11.8. The van der Waals surface area contributed by atoms with Crippen LogP contribution < -0.4 is 11.5 Å². The summed E-state index contributed by atoms with van der Waals surface area (Å²) < 4.78 is 0. The van der Waals surface area contributed by atoms with Gasteiger partial charge in [0, 0.05) is 6.20 Å². The van der Waals surface area contributed by atoms with Crippen molar-refractivity contribution in [2.75, 3.05) is 5.73 Å². The molecular formula is C9H13N3O2. The Bertz CT molecular complexity index is 328. The molecule has 0 fully saturated rings. The summed E-state index contributed by atoms with van der Waals surface area (Å²) in [4.78, 5) is 14.3. The van der Waals surface area contributed by atoms with Crippen molar-refractivity contribution in [1.82, 2.24) is 4.98 Å². The number of aliphatic carboxylic acids is 1. The number of carboxylic acids is 1. The number of nitrogens with two attached hydrogens (primary N) is 2.